The molecule has 0 amide bonds. The minimum Gasteiger partial charge on any atom is -0.481 e. The molecule has 1 N–H and O–H groups in total. The fraction of sp³-hybridized carbons (Fsp3) is 0.667. The Balaban J connectivity index is 2.03. The van der Waals surface area contributed by atoms with Crippen molar-refractivity contribution in [3.05, 3.63) is 18.2 Å². The van der Waals surface area contributed by atoms with E-state index >= 15 is 0 Å². The van der Waals surface area contributed by atoms with E-state index in [1.54, 1.807) is 0 Å². The van der Waals surface area contributed by atoms with Gasteiger partial charge < -0.3 is 9.67 Å². The molecule has 0 aromatic carbocycles. The van der Waals surface area contributed by atoms with Gasteiger partial charge in [-0.05, 0) is 24.7 Å². The molecule has 16 heavy (non-hydrogen) atoms. The maximum atomic E-state index is 10.8. The number of hydrogen-bond acceptors (Lipinski definition) is 2. The van der Waals surface area contributed by atoms with Gasteiger partial charge in [0.05, 0.1) is 6.42 Å². The van der Waals surface area contributed by atoms with Gasteiger partial charge in [-0.15, -0.1) is 0 Å². The molecule has 0 atom stereocenters. The summed E-state index contributed by atoms with van der Waals surface area (Å²) >= 11 is 0. The van der Waals surface area contributed by atoms with E-state index in [1.165, 1.54) is 0 Å². The van der Waals surface area contributed by atoms with Crippen LogP contribution in [-0.4, -0.2) is 20.6 Å². The summed E-state index contributed by atoms with van der Waals surface area (Å²) in [5.74, 6) is 0.397. The fourth-order valence-corrected chi connectivity index (χ4v) is 2.19. The van der Waals surface area contributed by atoms with Crippen molar-refractivity contribution in [2.75, 3.05) is 0 Å². The van der Waals surface area contributed by atoms with Crippen molar-refractivity contribution >= 4 is 5.97 Å². The Hall–Kier alpha value is -1.32. The van der Waals surface area contributed by atoms with Crippen LogP contribution in [0.3, 0.4) is 0 Å². The predicted octanol–water partition coefficient (Wildman–Crippen LogP) is 2.09. The minimum absolute atomic E-state index is 0.00895. The number of hydrogen-bond donors (Lipinski definition) is 1. The van der Waals surface area contributed by atoms with Crippen molar-refractivity contribution < 1.29 is 9.90 Å². The van der Waals surface area contributed by atoms with E-state index in [1.807, 2.05) is 12.4 Å². The summed E-state index contributed by atoms with van der Waals surface area (Å²) in [7, 11) is 0. The largest absolute Gasteiger partial charge is 0.481 e. The van der Waals surface area contributed by atoms with Gasteiger partial charge in [0.1, 0.15) is 5.82 Å². The molecule has 88 valence electrons. The molecule has 2 rings (SSSR count). The molecule has 0 unspecified atom stereocenters. The third-order valence-electron chi connectivity index (χ3n) is 3.26. The number of aryl methyl sites for hydroxylation is 1. The Morgan fingerprint density at radius 2 is 2.38 bits per heavy atom. The van der Waals surface area contributed by atoms with Crippen molar-refractivity contribution in [2.45, 2.75) is 45.6 Å². The summed E-state index contributed by atoms with van der Waals surface area (Å²) < 4.78 is 2.12. The maximum Gasteiger partial charge on any atom is 0.303 e. The van der Waals surface area contributed by atoms with Gasteiger partial charge in [0.2, 0.25) is 0 Å². The number of carboxylic acid groups (broad SMARTS) is 1. The van der Waals surface area contributed by atoms with E-state index in [-0.39, 0.29) is 11.8 Å². The normalized spacial score (nSPS) is 17.3. The SMILES string of the molecule is CCCc1nccn1CC1(CC(=O)O)CC1. The molecule has 0 saturated heterocycles. The molecule has 1 aliphatic carbocycles. The van der Waals surface area contributed by atoms with Gasteiger partial charge in [0.25, 0.3) is 0 Å². The number of imidazole rings is 1. The second-order valence-corrected chi connectivity index (χ2v) is 4.79. The zero-order valence-electron chi connectivity index (χ0n) is 9.65. The second kappa shape index (κ2) is 4.28. The van der Waals surface area contributed by atoms with Gasteiger partial charge in [-0.3, -0.25) is 4.79 Å². The molecule has 4 nitrogen and oxygen atoms in total. The van der Waals surface area contributed by atoms with Crippen molar-refractivity contribution in [1.29, 1.82) is 0 Å². The van der Waals surface area contributed by atoms with Crippen LogP contribution in [0, 0.1) is 5.41 Å². The van der Waals surface area contributed by atoms with Gasteiger partial charge in [-0.1, -0.05) is 6.92 Å². The lowest BCUT2D eigenvalue weighted by Gasteiger charge is -2.15. The van der Waals surface area contributed by atoms with Crippen LogP contribution in [0.15, 0.2) is 12.4 Å². The number of nitrogens with zero attached hydrogens (tertiary/aromatic N) is 2. The second-order valence-electron chi connectivity index (χ2n) is 4.79. The monoisotopic (exact) mass is 222 g/mol. The van der Waals surface area contributed by atoms with Crippen molar-refractivity contribution in [3.8, 4) is 0 Å². The average Bonchev–Trinajstić information content (AvgIpc) is 2.80. The van der Waals surface area contributed by atoms with Gasteiger partial charge in [0, 0.05) is 25.4 Å². The Kier molecular flexibility index (Phi) is 2.99. The van der Waals surface area contributed by atoms with E-state index in [2.05, 4.69) is 16.5 Å². The van der Waals surface area contributed by atoms with Crippen LogP contribution in [0.4, 0.5) is 0 Å². The molecule has 0 spiro atoms. The first-order valence-electron chi connectivity index (χ1n) is 5.87. The molecule has 1 heterocycles. The first-order valence-corrected chi connectivity index (χ1v) is 5.87. The Labute approximate surface area is 95.3 Å². The smallest absolute Gasteiger partial charge is 0.303 e. The van der Waals surface area contributed by atoms with Crippen molar-refractivity contribution in [3.63, 3.8) is 0 Å². The topological polar surface area (TPSA) is 55.1 Å². The zero-order valence-corrected chi connectivity index (χ0v) is 9.65. The summed E-state index contributed by atoms with van der Waals surface area (Å²) in [5, 5.41) is 8.87. The van der Waals surface area contributed by atoms with Crippen LogP contribution < -0.4 is 0 Å². The molecule has 1 fully saturated rings. The Bertz CT molecular complexity index is 380. The number of carbonyl (C=O) groups is 1. The molecule has 0 aliphatic heterocycles. The van der Waals surface area contributed by atoms with E-state index < -0.39 is 5.97 Å². The van der Waals surface area contributed by atoms with Crippen LogP contribution in [0.2, 0.25) is 0 Å². The lowest BCUT2D eigenvalue weighted by Crippen LogP contribution is -2.17. The van der Waals surface area contributed by atoms with Crippen LogP contribution in [0.5, 0.6) is 0 Å². The molecular weight excluding hydrogens is 204 g/mol. The predicted molar refractivity (Wildman–Crippen MR) is 60.1 cm³/mol. The molecule has 0 bridgehead atoms. The van der Waals surface area contributed by atoms with Gasteiger partial charge in [-0.25, -0.2) is 4.98 Å². The summed E-state index contributed by atoms with van der Waals surface area (Å²) in [6, 6.07) is 0. The number of carboxylic acids is 1. The Morgan fingerprint density at radius 1 is 1.62 bits per heavy atom. The Morgan fingerprint density at radius 3 is 2.94 bits per heavy atom. The highest BCUT2D eigenvalue weighted by Gasteiger charge is 2.44. The third-order valence-corrected chi connectivity index (χ3v) is 3.26. The highest BCUT2D eigenvalue weighted by molar-refractivity contribution is 5.68. The van der Waals surface area contributed by atoms with Crippen LogP contribution in [0.25, 0.3) is 0 Å². The van der Waals surface area contributed by atoms with Crippen LogP contribution in [-0.2, 0) is 17.8 Å². The standard InChI is InChI=1S/C12H18N2O2/c1-2-3-10-13-6-7-14(10)9-12(4-5-12)8-11(15)16/h6-7H,2-5,8-9H2,1H3,(H,15,16). The van der Waals surface area contributed by atoms with Crippen molar-refractivity contribution in [1.82, 2.24) is 9.55 Å². The molecule has 1 aromatic heterocycles. The lowest BCUT2D eigenvalue weighted by atomic mass is 10.0. The highest BCUT2D eigenvalue weighted by Crippen LogP contribution is 2.50. The van der Waals surface area contributed by atoms with Gasteiger partial charge in [0.15, 0.2) is 0 Å². The molecule has 0 radical (unpaired) electrons. The summed E-state index contributed by atoms with van der Waals surface area (Å²) in [5.41, 5.74) is 0.00895. The number of aliphatic carboxylic acids is 1. The third kappa shape index (κ3) is 2.43. The van der Waals surface area contributed by atoms with Crippen molar-refractivity contribution in [2.24, 2.45) is 5.41 Å². The number of aromatic nitrogens is 2. The fourth-order valence-electron chi connectivity index (χ4n) is 2.19. The summed E-state index contributed by atoms with van der Waals surface area (Å²) in [4.78, 5) is 15.1. The molecule has 1 saturated carbocycles. The zero-order chi connectivity index (χ0) is 11.6. The quantitative estimate of drug-likeness (QED) is 0.801. The molecular formula is C12H18N2O2. The van der Waals surface area contributed by atoms with Gasteiger partial charge >= 0.3 is 5.97 Å². The van der Waals surface area contributed by atoms with Gasteiger partial charge in [-0.2, -0.15) is 0 Å². The van der Waals surface area contributed by atoms with E-state index in [9.17, 15) is 4.79 Å². The summed E-state index contributed by atoms with van der Waals surface area (Å²) in [6.45, 7) is 2.94. The number of rotatable bonds is 6. The van der Waals surface area contributed by atoms with E-state index in [0.717, 1.165) is 38.1 Å². The first-order chi connectivity index (χ1) is 7.65. The average molecular weight is 222 g/mol. The maximum absolute atomic E-state index is 10.8. The lowest BCUT2D eigenvalue weighted by molar-refractivity contribution is -0.138. The minimum atomic E-state index is -0.686. The van der Waals surface area contributed by atoms with E-state index in [4.69, 9.17) is 5.11 Å². The molecule has 4 heteroatoms. The molecule has 1 aromatic rings. The van der Waals surface area contributed by atoms with Crippen LogP contribution in [0.1, 0.15) is 38.4 Å². The highest BCUT2D eigenvalue weighted by atomic mass is 16.4. The summed E-state index contributed by atoms with van der Waals surface area (Å²) in [6.07, 6.45) is 8.16. The van der Waals surface area contributed by atoms with Crippen LogP contribution >= 0.6 is 0 Å². The first kappa shape index (κ1) is 11.2. The van der Waals surface area contributed by atoms with E-state index in [0.29, 0.717) is 0 Å². The molecule has 1 aliphatic rings.